The summed E-state index contributed by atoms with van der Waals surface area (Å²) in [5.74, 6) is 2.54. The number of rotatable bonds is 7. The van der Waals surface area contributed by atoms with Crippen LogP contribution in [0.15, 0.2) is 0 Å². The Kier molecular flexibility index (Phi) is 6.16. The van der Waals surface area contributed by atoms with E-state index in [-0.39, 0.29) is 30.8 Å². The van der Waals surface area contributed by atoms with E-state index in [0.29, 0.717) is 17.9 Å². The Labute approximate surface area is 174 Å². The minimum atomic E-state index is -0.326. The highest BCUT2D eigenvalue weighted by Crippen LogP contribution is 2.61. The number of likely N-dealkylation sites (tertiary alicyclic amines) is 1. The lowest BCUT2D eigenvalue weighted by molar-refractivity contribution is -0.145. The normalized spacial score (nSPS) is 33.6. The lowest BCUT2D eigenvalue weighted by atomic mass is 9.49. The molecule has 4 saturated carbocycles. The van der Waals surface area contributed by atoms with Crippen molar-refractivity contribution < 1.29 is 19.1 Å². The van der Waals surface area contributed by atoms with Gasteiger partial charge in [0.2, 0.25) is 11.8 Å². The molecule has 5 rings (SSSR count). The van der Waals surface area contributed by atoms with E-state index in [0.717, 1.165) is 50.1 Å². The highest BCUT2D eigenvalue weighted by Gasteiger charge is 2.51. The van der Waals surface area contributed by atoms with Crippen molar-refractivity contribution in [1.29, 1.82) is 0 Å². The maximum Gasteiger partial charge on any atom is 0.306 e. The number of amides is 2. The smallest absolute Gasteiger partial charge is 0.306 e. The molecule has 0 unspecified atom stereocenters. The van der Waals surface area contributed by atoms with Crippen LogP contribution in [0.4, 0.5) is 0 Å². The Morgan fingerprint density at radius 2 is 1.55 bits per heavy atom. The van der Waals surface area contributed by atoms with Crippen molar-refractivity contribution in [3.63, 3.8) is 0 Å². The third-order valence-corrected chi connectivity index (χ3v) is 7.77. The van der Waals surface area contributed by atoms with E-state index in [1.54, 1.807) is 6.92 Å². The van der Waals surface area contributed by atoms with Crippen LogP contribution in [0, 0.1) is 23.2 Å². The lowest BCUT2D eigenvalue weighted by Crippen LogP contribution is -2.50. The van der Waals surface area contributed by atoms with Gasteiger partial charge >= 0.3 is 5.97 Å². The first-order chi connectivity index (χ1) is 13.9. The number of carbonyl (C=O) groups is 3. The van der Waals surface area contributed by atoms with Gasteiger partial charge in [-0.25, -0.2) is 0 Å². The number of nitrogens with zero attached hydrogens (tertiary/aromatic N) is 1. The van der Waals surface area contributed by atoms with Crippen molar-refractivity contribution in [3.05, 3.63) is 0 Å². The Morgan fingerprint density at radius 3 is 2.10 bits per heavy atom. The zero-order valence-electron chi connectivity index (χ0n) is 17.8. The zero-order valence-corrected chi connectivity index (χ0v) is 17.8. The van der Waals surface area contributed by atoms with Gasteiger partial charge in [-0.1, -0.05) is 0 Å². The monoisotopic (exact) mass is 404 g/mol. The van der Waals surface area contributed by atoms with E-state index in [9.17, 15) is 14.4 Å². The third-order valence-electron chi connectivity index (χ3n) is 7.77. The van der Waals surface area contributed by atoms with Gasteiger partial charge < -0.3 is 15.0 Å². The summed E-state index contributed by atoms with van der Waals surface area (Å²) in [6, 6.07) is 0.105. The molecule has 0 aromatic rings. The summed E-state index contributed by atoms with van der Waals surface area (Å²) in [4.78, 5) is 38.5. The lowest BCUT2D eigenvalue weighted by Gasteiger charge is -2.57. The first-order valence-corrected chi connectivity index (χ1v) is 11.7. The molecule has 5 aliphatic rings. The molecular formula is C23H36N2O4. The van der Waals surface area contributed by atoms with Crippen molar-refractivity contribution in [2.24, 2.45) is 23.2 Å². The predicted octanol–water partition coefficient (Wildman–Crippen LogP) is 3.04. The average Bonchev–Trinajstić information content (AvgIpc) is 2.66. The van der Waals surface area contributed by atoms with Gasteiger partial charge in [0, 0.05) is 32.0 Å². The molecule has 1 saturated heterocycles. The van der Waals surface area contributed by atoms with Gasteiger partial charge in [0.05, 0.1) is 13.0 Å². The number of esters is 1. The molecule has 6 heteroatoms. The Hall–Kier alpha value is -1.59. The molecule has 1 aliphatic heterocycles. The van der Waals surface area contributed by atoms with Crippen molar-refractivity contribution in [2.75, 3.05) is 19.7 Å². The van der Waals surface area contributed by atoms with E-state index in [1.165, 1.54) is 38.5 Å². The van der Waals surface area contributed by atoms with Gasteiger partial charge in [-0.15, -0.1) is 0 Å². The van der Waals surface area contributed by atoms with E-state index < -0.39 is 0 Å². The van der Waals surface area contributed by atoms with E-state index >= 15 is 0 Å². The van der Waals surface area contributed by atoms with Crippen molar-refractivity contribution in [2.45, 2.75) is 83.6 Å². The molecular weight excluding hydrogens is 368 g/mol. The van der Waals surface area contributed by atoms with Gasteiger partial charge in [0.1, 0.15) is 0 Å². The Bertz CT molecular complexity index is 604. The van der Waals surface area contributed by atoms with Crippen molar-refractivity contribution in [1.82, 2.24) is 10.2 Å². The number of hydrogen-bond donors (Lipinski definition) is 1. The summed E-state index contributed by atoms with van der Waals surface area (Å²) < 4.78 is 4.86. The van der Waals surface area contributed by atoms with Crippen LogP contribution in [-0.4, -0.2) is 48.4 Å². The van der Waals surface area contributed by atoms with E-state index in [1.807, 2.05) is 4.90 Å². The van der Waals surface area contributed by atoms with E-state index in [2.05, 4.69) is 5.32 Å². The van der Waals surface area contributed by atoms with Crippen LogP contribution in [0.3, 0.4) is 0 Å². The molecule has 0 spiro atoms. The summed E-state index contributed by atoms with van der Waals surface area (Å²) in [6.07, 6.45) is 10.7. The first-order valence-electron chi connectivity index (χ1n) is 11.7. The minimum absolute atomic E-state index is 0.101. The van der Waals surface area contributed by atoms with Crippen LogP contribution in [0.25, 0.3) is 0 Å². The highest BCUT2D eigenvalue weighted by atomic mass is 16.5. The summed E-state index contributed by atoms with van der Waals surface area (Å²) in [6.45, 7) is 3.56. The Morgan fingerprint density at radius 1 is 0.966 bits per heavy atom. The molecule has 0 atom stereocenters. The number of piperidine rings is 1. The standard InChI is InChI=1S/C23H36N2O4/c1-2-29-22(28)4-3-20(26)24-19-5-7-25(8-6-19)21(27)15-23-12-16-9-17(13-23)11-18(10-16)14-23/h16-19H,2-15H2,1H3,(H,24,26). The molecule has 0 radical (unpaired) electrons. The molecule has 4 bridgehead atoms. The van der Waals surface area contributed by atoms with Gasteiger partial charge in [-0.3, -0.25) is 14.4 Å². The second-order valence-electron chi connectivity index (χ2n) is 10.1. The van der Waals surface area contributed by atoms with E-state index in [4.69, 9.17) is 4.74 Å². The number of nitrogens with one attached hydrogen (secondary N) is 1. The molecule has 4 aliphatic carbocycles. The molecule has 2 amide bonds. The fraction of sp³-hybridized carbons (Fsp3) is 0.870. The second kappa shape index (κ2) is 8.65. The first kappa shape index (κ1) is 20.7. The maximum atomic E-state index is 13.0. The maximum absolute atomic E-state index is 13.0. The van der Waals surface area contributed by atoms with Gasteiger partial charge in [0.15, 0.2) is 0 Å². The van der Waals surface area contributed by atoms with Gasteiger partial charge in [-0.05, 0) is 81.5 Å². The summed E-state index contributed by atoms with van der Waals surface area (Å²) >= 11 is 0. The van der Waals surface area contributed by atoms with Crippen LogP contribution < -0.4 is 5.32 Å². The molecule has 1 N–H and O–H groups in total. The number of hydrogen-bond acceptors (Lipinski definition) is 4. The molecule has 6 nitrogen and oxygen atoms in total. The van der Waals surface area contributed by atoms with Crippen molar-refractivity contribution >= 4 is 17.8 Å². The van der Waals surface area contributed by atoms with Crippen LogP contribution in [-0.2, 0) is 19.1 Å². The van der Waals surface area contributed by atoms with Crippen LogP contribution in [0.5, 0.6) is 0 Å². The predicted molar refractivity (Wildman–Crippen MR) is 109 cm³/mol. The minimum Gasteiger partial charge on any atom is -0.466 e. The summed E-state index contributed by atoms with van der Waals surface area (Å²) in [7, 11) is 0. The van der Waals surface area contributed by atoms with Gasteiger partial charge in [0.25, 0.3) is 0 Å². The molecule has 0 aromatic heterocycles. The second-order valence-corrected chi connectivity index (χ2v) is 10.1. The largest absolute Gasteiger partial charge is 0.466 e. The van der Waals surface area contributed by atoms with Crippen LogP contribution in [0.1, 0.15) is 77.6 Å². The van der Waals surface area contributed by atoms with Crippen LogP contribution in [0.2, 0.25) is 0 Å². The average molecular weight is 405 g/mol. The van der Waals surface area contributed by atoms with Crippen LogP contribution >= 0.6 is 0 Å². The van der Waals surface area contributed by atoms with Gasteiger partial charge in [-0.2, -0.15) is 0 Å². The molecule has 1 heterocycles. The highest BCUT2D eigenvalue weighted by molar-refractivity contribution is 5.81. The quantitative estimate of drug-likeness (QED) is 0.662. The van der Waals surface area contributed by atoms with Crippen molar-refractivity contribution in [3.8, 4) is 0 Å². The number of ether oxygens (including phenoxy) is 1. The fourth-order valence-electron chi connectivity index (χ4n) is 6.96. The molecule has 5 fully saturated rings. The molecule has 29 heavy (non-hydrogen) atoms. The number of carbonyl (C=O) groups excluding carboxylic acids is 3. The summed E-state index contributed by atoms with van der Waals surface area (Å²) in [5, 5.41) is 3.02. The zero-order chi connectivity index (χ0) is 20.4. The fourth-order valence-corrected chi connectivity index (χ4v) is 6.96. The third kappa shape index (κ3) is 4.95. The molecule has 162 valence electrons. The molecule has 0 aromatic carbocycles. The topological polar surface area (TPSA) is 75.7 Å². The summed E-state index contributed by atoms with van der Waals surface area (Å²) in [5.41, 5.74) is 0.296. The SMILES string of the molecule is CCOC(=O)CCC(=O)NC1CCN(C(=O)CC23CC4CC(CC(C4)C2)C3)CC1. The Balaban J connectivity index is 1.19.